The maximum absolute atomic E-state index is 11.8. The van der Waals surface area contributed by atoms with Crippen molar-refractivity contribution in [2.45, 2.75) is 31.7 Å². The number of thioether (sulfide) groups is 1. The van der Waals surface area contributed by atoms with Crippen molar-refractivity contribution >= 4 is 29.3 Å². The first-order valence-corrected chi connectivity index (χ1v) is 6.71. The summed E-state index contributed by atoms with van der Waals surface area (Å²) in [7, 11) is 0. The molecular formula is C13H15NO3S. The number of rotatable bonds is 0. The second-order valence-electron chi connectivity index (χ2n) is 4.54. The molecule has 1 aromatic carbocycles. The molecule has 0 spiro atoms. The quantitative estimate of drug-likeness (QED) is 0.731. The van der Waals surface area contributed by atoms with Crippen molar-refractivity contribution in [2.24, 2.45) is 0 Å². The van der Waals surface area contributed by atoms with E-state index in [1.807, 2.05) is 32.9 Å². The Morgan fingerprint density at radius 3 is 2.56 bits per heavy atom. The Hall–Kier alpha value is -1.49. The molecule has 1 N–H and O–H groups in total. The maximum atomic E-state index is 11.8. The fraction of sp³-hybridized carbons (Fsp3) is 0.385. The lowest BCUT2D eigenvalue weighted by Gasteiger charge is -2.34. The lowest BCUT2D eigenvalue weighted by molar-refractivity contribution is -0.149. The topological polar surface area (TPSA) is 57.6 Å². The predicted molar refractivity (Wildman–Crippen MR) is 71.2 cm³/mol. The number of aryl methyl sites for hydroxylation is 2. The van der Waals surface area contributed by atoms with Crippen LogP contribution >= 0.6 is 11.8 Å². The molecule has 0 fully saturated rings. The van der Waals surface area contributed by atoms with Gasteiger partial charge in [-0.1, -0.05) is 0 Å². The first-order valence-electron chi connectivity index (χ1n) is 5.72. The lowest BCUT2D eigenvalue weighted by atomic mass is 10.1. The molecule has 1 aromatic rings. The van der Waals surface area contributed by atoms with Crippen LogP contribution in [0.3, 0.4) is 0 Å². The van der Waals surface area contributed by atoms with E-state index in [9.17, 15) is 9.59 Å². The van der Waals surface area contributed by atoms with Gasteiger partial charge in [-0.2, -0.15) is 0 Å². The molecule has 0 saturated heterocycles. The molecule has 18 heavy (non-hydrogen) atoms. The van der Waals surface area contributed by atoms with Gasteiger partial charge in [-0.25, -0.2) is 4.79 Å². The van der Waals surface area contributed by atoms with Gasteiger partial charge >= 0.3 is 11.9 Å². The van der Waals surface area contributed by atoms with Gasteiger partial charge in [0.05, 0.1) is 5.69 Å². The minimum absolute atomic E-state index is 0.104. The van der Waals surface area contributed by atoms with Crippen LogP contribution in [0.1, 0.15) is 18.1 Å². The Bertz CT molecular complexity index is 527. The van der Waals surface area contributed by atoms with E-state index >= 15 is 0 Å². The van der Waals surface area contributed by atoms with Crippen LogP contribution in [0.5, 0.6) is 0 Å². The van der Waals surface area contributed by atoms with Gasteiger partial charge in [0, 0.05) is 16.7 Å². The Balaban J connectivity index is 2.53. The van der Waals surface area contributed by atoms with Crippen molar-refractivity contribution in [1.82, 2.24) is 0 Å². The standard InChI is InChI=1S/C13H15NO3S/c1-7-4-10-11(5-8(7)2)18-6-9(3)14(10)12(15)13(16)17/h4-5,9H,6H2,1-3H3,(H,16,17). The summed E-state index contributed by atoms with van der Waals surface area (Å²) in [4.78, 5) is 25.1. The van der Waals surface area contributed by atoms with E-state index in [4.69, 9.17) is 5.11 Å². The highest BCUT2D eigenvalue weighted by Gasteiger charge is 2.32. The summed E-state index contributed by atoms with van der Waals surface area (Å²) in [5, 5.41) is 8.90. The number of fused-ring (bicyclic) bond motifs is 1. The predicted octanol–water partition coefficient (Wildman–Crippen LogP) is 2.22. The van der Waals surface area contributed by atoms with E-state index in [2.05, 4.69) is 0 Å². The minimum Gasteiger partial charge on any atom is -0.474 e. The smallest absolute Gasteiger partial charge is 0.394 e. The average molecular weight is 265 g/mol. The third-order valence-electron chi connectivity index (χ3n) is 3.16. The number of carboxylic acids is 1. The number of nitrogens with zero attached hydrogens (tertiary/aromatic N) is 1. The summed E-state index contributed by atoms with van der Waals surface area (Å²) in [6, 6.07) is 3.81. The van der Waals surface area contributed by atoms with Crippen LogP contribution in [0.2, 0.25) is 0 Å². The summed E-state index contributed by atoms with van der Waals surface area (Å²) < 4.78 is 0. The van der Waals surface area contributed by atoms with Crippen LogP contribution in [0.15, 0.2) is 17.0 Å². The molecule has 0 saturated carbocycles. The molecule has 1 heterocycles. The highest BCUT2D eigenvalue weighted by atomic mass is 32.2. The number of benzene rings is 1. The normalized spacial score (nSPS) is 18.4. The fourth-order valence-electron chi connectivity index (χ4n) is 2.01. The molecule has 1 aliphatic heterocycles. The number of hydrogen-bond donors (Lipinski definition) is 1. The summed E-state index contributed by atoms with van der Waals surface area (Å²) in [5.74, 6) is -1.54. The van der Waals surface area contributed by atoms with Crippen LogP contribution in [0.25, 0.3) is 0 Å². The molecule has 96 valence electrons. The maximum Gasteiger partial charge on any atom is 0.394 e. The average Bonchev–Trinajstić information content (AvgIpc) is 2.30. The number of hydrogen-bond acceptors (Lipinski definition) is 3. The second-order valence-corrected chi connectivity index (χ2v) is 5.61. The molecule has 1 amide bonds. The Morgan fingerprint density at radius 1 is 1.33 bits per heavy atom. The molecular weight excluding hydrogens is 250 g/mol. The molecule has 5 heteroatoms. The zero-order valence-corrected chi connectivity index (χ0v) is 11.4. The molecule has 1 aliphatic rings. The van der Waals surface area contributed by atoms with E-state index in [1.54, 1.807) is 11.8 Å². The van der Waals surface area contributed by atoms with Crippen molar-refractivity contribution in [1.29, 1.82) is 0 Å². The number of amides is 1. The van der Waals surface area contributed by atoms with Crippen LogP contribution in [0.4, 0.5) is 5.69 Å². The van der Waals surface area contributed by atoms with Crippen LogP contribution in [0, 0.1) is 13.8 Å². The van der Waals surface area contributed by atoms with Crippen LogP contribution in [-0.2, 0) is 9.59 Å². The van der Waals surface area contributed by atoms with E-state index in [-0.39, 0.29) is 6.04 Å². The number of aliphatic carboxylic acids is 1. The van der Waals surface area contributed by atoms with Gasteiger partial charge in [-0.05, 0) is 44.0 Å². The van der Waals surface area contributed by atoms with Crippen LogP contribution in [-0.4, -0.2) is 28.8 Å². The van der Waals surface area contributed by atoms with Gasteiger partial charge in [0.15, 0.2) is 0 Å². The van der Waals surface area contributed by atoms with Gasteiger partial charge in [-0.15, -0.1) is 11.8 Å². The van der Waals surface area contributed by atoms with Gasteiger partial charge in [0.2, 0.25) is 0 Å². The van der Waals surface area contributed by atoms with Crippen molar-refractivity contribution in [3.05, 3.63) is 23.3 Å². The van der Waals surface area contributed by atoms with Crippen molar-refractivity contribution < 1.29 is 14.7 Å². The molecule has 4 nitrogen and oxygen atoms in total. The van der Waals surface area contributed by atoms with Crippen molar-refractivity contribution in [3.63, 3.8) is 0 Å². The number of anilines is 1. The zero-order chi connectivity index (χ0) is 13.4. The Morgan fingerprint density at radius 2 is 1.94 bits per heavy atom. The lowest BCUT2D eigenvalue weighted by Crippen LogP contribution is -2.46. The zero-order valence-electron chi connectivity index (χ0n) is 10.6. The molecule has 0 aromatic heterocycles. The molecule has 1 atom stereocenters. The third-order valence-corrected chi connectivity index (χ3v) is 4.44. The number of carbonyl (C=O) groups excluding carboxylic acids is 1. The Kier molecular flexibility index (Phi) is 3.34. The summed E-state index contributed by atoms with van der Waals surface area (Å²) >= 11 is 1.67. The van der Waals surface area contributed by atoms with Gasteiger partial charge in [0.1, 0.15) is 0 Å². The van der Waals surface area contributed by atoms with Crippen molar-refractivity contribution in [3.8, 4) is 0 Å². The van der Waals surface area contributed by atoms with Crippen molar-refractivity contribution in [2.75, 3.05) is 10.7 Å². The second kappa shape index (κ2) is 4.65. The number of carbonyl (C=O) groups is 2. The summed E-state index contributed by atoms with van der Waals surface area (Å²) in [6.07, 6.45) is 0. The van der Waals surface area contributed by atoms with Crippen LogP contribution < -0.4 is 4.90 Å². The Labute approximate surface area is 110 Å². The highest BCUT2D eigenvalue weighted by molar-refractivity contribution is 7.99. The summed E-state index contributed by atoms with van der Waals surface area (Å²) in [6.45, 7) is 5.84. The fourth-order valence-corrected chi connectivity index (χ4v) is 3.15. The van der Waals surface area contributed by atoms with Gasteiger partial charge in [-0.3, -0.25) is 9.69 Å². The SMILES string of the molecule is Cc1cc2c(cc1C)N(C(=O)C(=O)O)C(C)CS2. The van der Waals surface area contributed by atoms with E-state index < -0.39 is 11.9 Å². The minimum atomic E-state index is -1.40. The van der Waals surface area contributed by atoms with E-state index in [0.717, 1.165) is 16.0 Å². The van der Waals surface area contributed by atoms with Gasteiger partial charge in [0.25, 0.3) is 0 Å². The highest BCUT2D eigenvalue weighted by Crippen LogP contribution is 2.39. The number of carboxylic acid groups (broad SMARTS) is 1. The summed E-state index contributed by atoms with van der Waals surface area (Å²) in [5.41, 5.74) is 2.93. The van der Waals surface area contributed by atoms with E-state index in [0.29, 0.717) is 11.4 Å². The molecule has 0 radical (unpaired) electrons. The van der Waals surface area contributed by atoms with E-state index in [1.165, 1.54) is 4.90 Å². The first kappa shape index (κ1) is 13.0. The molecule has 1 unspecified atom stereocenters. The third kappa shape index (κ3) is 2.10. The largest absolute Gasteiger partial charge is 0.474 e. The van der Waals surface area contributed by atoms with Gasteiger partial charge < -0.3 is 5.11 Å². The molecule has 0 aliphatic carbocycles. The monoisotopic (exact) mass is 265 g/mol. The molecule has 0 bridgehead atoms. The first-order chi connectivity index (χ1) is 8.41. The molecule has 2 rings (SSSR count).